The standard InChI is InChI=1S/C17H21N3S/c1-2-6-14(7-3-1)9-11-18-13-17-20-12-16(21-17)15-8-4-5-10-19-15/h4-6,8,10,12,18H,1-3,7,9,11,13H2. The van der Waals surface area contributed by atoms with Crippen LogP contribution >= 0.6 is 11.3 Å². The van der Waals surface area contributed by atoms with Gasteiger partial charge in [-0.3, -0.25) is 4.98 Å². The fraction of sp³-hybridized carbons (Fsp3) is 0.412. The van der Waals surface area contributed by atoms with Crippen LogP contribution < -0.4 is 5.32 Å². The molecule has 0 bridgehead atoms. The van der Waals surface area contributed by atoms with Crippen LogP contribution in [0.3, 0.4) is 0 Å². The van der Waals surface area contributed by atoms with Crippen LogP contribution in [0, 0.1) is 0 Å². The van der Waals surface area contributed by atoms with Crippen LogP contribution in [0.15, 0.2) is 42.2 Å². The Morgan fingerprint density at radius 3 is 3.00 bits per heavy atom. The normalized spacial score (nSPS) is 15.0. The number of pyridine rings is 1. The van der Waals surface area contributed by atoms with Gasteiger partial charge < -0.3 is 5.32 Å². The zero-order valence-electron chi connectivity index (χ0n) is 12.2. The Bertz CT molecular complexity index is 589. The Labute approximate surface area is 130 Å². The number of nitrogens with zero attached hydrogens (tertiary/aromatic N) is 2. The molecule has 0 saturated carbocycles. The molecular formula is C17H21N3S. The monoisotopic (exact) mass is 299 g/mol. The lowest BCUT2D eigenvalue weighted by Crippen LogP contribution is -2.15. The van der Waals surface area contributed by atoms with Gasteiger partial charge in [0.1, 0.15) is 5.01 Å². The molecule has 0 radical (unpaired) electrons. The van der Waals surface area contributed by atoms with E-state index in [0.29, 0.717) is 0 Å². The summed E-state index contributed by atoms with van der Waals surface area (Å²) in [5.74, 6) is 0. The van der Waals surface area contributed by atoms with Crippen LogP contribution in [0.1, 0.15) is 37.1 Å². The number of nitrogens with one attached hydrogen (secondary N) is 1. The first-order chi connectivity index (χ1) is 10.4. The molecule has 0 aromatic carbocycles. The summed E-state index contributed by atoms with van der Waals surface area (Å²) in [7, 11) is 0. The zero-order chi connectivity index (χ0) is 14.3. The lowest BCUT2D eigenvalue weighted by Gasteiger charge is -2.12. The third-order valence-electron chi connectivity index (χ3n) is 3.76. The summed E-state index contributed by atoms with van der Waals surface area (Å²) in [4.78, 5) is 9.98. The molecule has 3 rings (SSSR count). The van der Waals surface area contributed by atoms with E-state index in [1.165, 1.54) is 32.1 Å². The van der Waals surface area contributed by atoms with Crippen LogP contribution in [0.2, 0.25) is 0 Å². The van der Waals surface area contributed by atoms with Crippen molar-refractivity contribution < 1.29 is 0 Å². The van der Waals surface area contributed by atoms with Crippen molar-refractivity contribution in [1.82, 2.24) is 15.3 Å². The second kappa shape index (κ2) is 7.48. The Hall–Kier alpha value is -1.52. The second-order valence-electron chi connectivity index (χ2n) is 5.37. The van der Waals surface area contributed by atoms with E-state index < -0.39 is 0 Å². The van der Waals surface area contributed by atoms with E-state index in [9.17, 15) is 0 Å². The average molecular weight is 299 g/mol. The van der Waals surface area contributed by atoms with Crippen molar-refractivity contribution in [3.05, 3.63) is 47.2 Å². The SMILES string of the molecule is C1=C(CCNCc2ncc(-c3ccccn3)s2)CCCC1. The number of thiazole rings is 1. The first kappa shape index (κ1) is 14.4. The molecule has 2 aromatic rings. The smallest absolute Gasteiger partial charge is 0.107 e. The van der Waals surface area contributed by atoms with E-state index in [1.807, 2.05) is 30.6 Å². The molecule has 0 saturated heterocycles. The van der Waals surface area contributed by atoms with Crippen molar-refractivity contribution in [2.75, 3.05) is 6.54 Å². The van der Waals surface area contributed by atoms with E-state index in [1.54, 1.807) is 16.9 Å². The van der Waals surface area contributed by atoms with Gasteiger partial charge in [-0.25, -0.2) is 4.98 Å². The van der Waals surface area contributed by atoms with E-state index in [2.05, 4.69) is 21.4 Å². The van der Waals surface area contributed by atoms with E-state index in [4.69, 9.17) is 0 Å². The highest BCUT2D eigenvalue weighted by molar-refractivity contribution is 7.15. The molecule has 1 aliphatic carbocycles. The predicted octanol–water partition coefficient (Wildman–Crippen LogP) is 4.19. The van der Waals surface area contributed by atoms with Crippen molar-refractivity contribution in [2.45, 2.75) is 38.6 Å². The fourth-order valence-electron chi connectivity index (χ4n) is 2.59. The summed E-state index contributed by atoms with van der Waals surface area (Å²) in [6, 6.07) is 5.98. The maximum atomic E-state index is 4.48. The summed E-state index contributed by atoms with van der Waals surface area (Å²) in [6.45, 7) is 1.90. The maximum Gasteiger partial charge on any atom is 0.107 e. The molecule has 0 amide bonds. The average Bonchev–Trinajstić information content (AvgIpc) is 3.02. The van der Waals surface area contributed by atoms with Crippen molar-refractivity contribution in [3.63, 3.8) is 0 Å². The van der Waals surface area contributed by atoms with Crippen molar-refractivity contribution in [2.24, 2.45) is 0 Å². The van der Waals surface area contributed by atoms with Crippen LogP contribution in [0.25, 0.3) is 10.6 Å². The number of allylic oxidation sites excluding steroid dienone is 1. The highest BCUT2D eigenvalue weighted by atomic mass is 32.1. The second-order valence-corrected chi connectivity index (χ2v) is 6.48. The molecule has 0 unspecified atom stereocenters. The number of hydrogen-bond acceptors (Lipinski definition) is 4. The molecule has 1 N–H and O–H groups in total. The van der Waals surface area contributed by atoms with Gasteiger partial charge in [0, 0.05) is 18.9 Å². The highest BCUT2D eigenvalue weighted by Crippen LogP contribution is 2.24. The predicted molar refractivity (Wildman–Crippen MR) is 88.2 cm³/mol. The van der Waals surface area contributed by atoms with Gasteiger partial charge >= 0.3 is 0 Å². The van der Waals surface area contributed by atoms with Gasteiger partial charge in [0.15, 0.2) is 0 Å². The number of rotatable bonds is 6. The van der Waals surface area contributed by atoms with Gasteiger partial charge in [-0.05, 0) is 50.8 Å². The Morgan fingerprint density at radius 1 is 1.19 bits per heavy atom. The summed E-state index contributed by atoms with van der Waals surface area (Å²) >= 11 is 1.72. The first-order valence-corrected chi connectivity index (χ1v) is 8.48. The molecule has 2 heterocycles. The summed E-state index contributed by atoms with van der Waals surface area (Å²) in [5.41, 5.74) is 2.63. The molecular weight excluding hydrogens is 278 g/mol. The van der Waals surface area contributed by atoms with E-state index in [0.717, 1.165) is 28.7 Å². The van der Waals surface area contributed by atoms with Gasteiger partial charge in [0.2, 0.25) is 0 Å². The van der Waals surface area contributed by atoms with E-state index >= 15 is 0 Å². The molecule has 2 aromatic heterocycles. The van der Waals surface area contributed by atoms with Crippen molar-refractivity contribution in [1.29, 1.82) is 0 Å². The minimum atomic E-state index is 0.852. The largest absolute Gasteiger partial charge is 0.310 e. The molecule has 0 atom stereocenters. The van der Waals surface area contributed by atoms with Gasteiger partial charge in [-0.2, -0.15) is 0 Å². The van der Waals surface area contributed by atoms with Crippen LogP contribution in [0.5, 0.6) is 0 Å². The Morgan fingerprint density at radius 2 is 2.19 bits per heavy atom. The fourth-order valence-corrected chi connectivity index (χ4v) is 3.46. The third-order valence-corrected chi connectivity index (χ3v) is 4.77. The van der Waals surface area contributed by atoms with Crippen LogP contribution in [-0.2, 0) is 6.54 Å². The van der Waals surface area contributed by atoms with Gasteiger partial charge in [-0.15, -0.1) is 11.3 Å². The molecule has 110 valence electrons. The maximum absolute atomic E-state index is 4.48. The van der Waals surface area contributed by atoms with E-state index in [-0.39, 0.29) is 0 Å². The molecule has 21 heavy (non-hydrogen) atoms. The number of aromatic nitrogens is 2. The molecule has 4 heteroatoms. The minimum absolute atomic E-state index is 0.852. The quantitative estimate of drug-likeness (QED) is 0.642. The van der Waals surface area contributed by atoms with Crippen LogP contribution in [-0.4, -0.2) is 16.5 Å². The summed E-state index contributed by atoms with van der Waals surface area (Å²) < 4.78 is 0. The zero-order valence-corrected chi connectivity index (χ0v) is 13.0. The van der Waals surface area contributed by atoms with Crippen molar-refractivity contribution in [3.8, 4) is 10.6 Å². The van der Waals surface area contributed by atoms with Crippen molar-refractivity contribution >= 4 is 11.3 Å². The molecule has 0 fully saturated rings. The van der Waals surface area contributed by atoms with Gasteiger partial charge in [0.25, 0.3) is 0 Å². The minimum Gasteiger partial charge on any atom is -0.310 e. The molecule has 0 spiro atoms. The third kappa shape index (κ3) is 4.22. The molecule has 1 aliphatic rings. The lowest BCUT2D eigenvalue weighted by atomic mass is 9.97. The Kier molecular flexibility index (Phi) is 5.13. The topological polar surface area (TPSA) is 37.8 Å². The first-order valence-electron chi connectivity index (χ1n) is 7.66. The summed E-state index contributed by atoms with van der Waals surface area (Å²) in [6.07, 6.45) is 12.7. The van der Waals surface area contributed by atoms with Gasteiger partial charge in [-0.1, -0.05) is 17.7 Å². The lowest BCUT2D eigenvalue weighted by molar-refractivity contribution is 0.631. The number of hydrogen-bond donors (Lipinski definition) is 1. The van der Waals surface area contributed by atoms with Crippen LogP contribution in [0.4, 0.5) is 0 Å². The van der Waals surface area contributed by atoms with Gasteiger partial charge in [0.05, 0.1) is 10.6 Å². The summed E-state index contributed by atoms with van der Waals surface area (Å²) in [5, 5.41) is 4.63. The molecule has 3 nitrogen and oxygen atoms in total. The molecule has 0 aliphatic heterocycles. The Balaban J connectivity index is 1.46. The highest BCUT2D eigenvalue weighted by Gasteiger charge is 2.06.